The van der Waals surface area contributed by atoms with Crippen molar-refractivity contribution < 1.29 is 19.2 Å². The number of urea groups is 1. The van der Waals surface area contributed by atoms with E-state index < -0.39 is 6.03 Å². The third-order valence-electron chi connectivity index (χ3n) is 5.15. The summed E-state index contributed by atoms with van der Waals surface area (Å²) in [7, 11) is 1.52. The lowest BCUT2D eigenvalue weighted by Crippen LogP contribution is -2.57. The minimum atomic E-state index is -0.458. The van der Waals surface area contributed by atoms with Crippen LogP contribution in [0.2, 0.25) is 0 Å². The largest absolute Gasteiger partial charge is 0.336 e. The molecule has 3 rings (SSSR count). The van der Waals surface area contributed by atoms with Crippen LogP contribution in [-0.2, 0) is 14.4 Å². The molecule has 24 heavy (non-hydrogen) atoms. The van der Waals surface area contributed by atoms with Crippen LogP contribution in [0.25, 0.3) is 0 Å². The van der Waals surface area contributed by atoms with E-state index in [0.29, 0.717) is 19.1 Å². The molecule has 0 spiro atoms. The normalized spacial score (nSPS) is 23.5. The SMILES string of the molecule is CN1CC(=O)N(CC(=O)N2CCN(C3CCCCC3)C(=O)C2)C1=O. The molecule has 0 aromatic carbocycles. The second-order valence-corrected chi connectivity index (χ2v) is 6.81. The summed E-state index contributed by atoms with van der Waals surface area (Å²) in [6.45, 7) is 0.769. The lowest BCUT2D eigenvalue weighted by Gasteiger charge is -2.40. The second-order valence-electron chi connectivity index (χ2n) is 6.81. The predicted molar refractivity (Wildman–Crippen MR) is 84.9 cm³/mol. The van der Waals surface area contributed by atoms with Crippen LogP contribution in [0.3, 0.4) is 0 Å². The van der Waals surface area contributed by atoms with Gasteiger partial charge in [-0.1, -0.05) is 19.3 Å². The minimum Gasteiger partial charge on any atom is -0.336 e. The van der Waals surface area contributed by atoms with Crippen molar-refractivity contribution in [2.75, 3.05) is 39.8 Å². The first-order valence-corrected chi connectivity index (χ1v) is 8.60. The number of hydrogen-bond acceptors (Lipinski definition) is 4. The zero-order valence-corrected chi connectivity index (χ0v) is 14.1. The van der Waals surface area contributed by atoms with Gasteiger partial charge in [0.2, 0.25) is 11.8 Å². The summed E-state index contributed by atoms with van der Waals surface area (Å²) in [6.07, 6.45) is 5.63. The number of hydrogen-bond donors (Lipinski definition) is 0. The van der Waals surface area contributed by atoms with E-state index in [4.69, 9.17) is 0 Å². The summed E-state index contributed by atoms with van der Waals surface area (Å²) in [6, 6.07) is -0.153. The zero-order chi connectivity index (χ0) is 17.3. The standard InChI is InChI=1S/C16H24N4O4/c1-17-9-14(22)20(16(17)24)11-13(21)18-7-8-19(15(23)10-18)12-5-3-2-4-6-12/h12H,2-11H2,1H3. The highest BCUT2D eigenvalue weighted by molar-refractivity contribution is 6.04. The number of nitrogens with zero attached hydrogens (tertiary/aromatic N) is 4. The van der Waals surface area contributed by atoms with Crippen molar-refractivity contribution in [3.63, 3.8) is 0 Å². The molecular weight excluding hydrogens is 312 g/mol. The van der Waals surface area contributed by atoms with E-state index in [0.717, 1.165) is 30.6 Å². The van der Waals surface area contributed by atoms with Gasteiger partial charge < -0.3 is 14.7 Å². The van der Waals surface area contributed by atoms with E-state index in [1.807, 2.05) is 4.90 Å². The average molecular weight is 336 g/mol. The van der Waals surface area contributed by atoms with Crippen LogP contribution in [-0.4, -0.2) is 89.2 Å². The number of rotatable bonds is 3. The van der Waals surface area contributed by atoms with Crippen LogP contribution in [0.15, 0.2) is 0 Å². The van der Waals surface area contributed by atoms with Gasteiger partial charge in [0.25, 0.3) is 5.91 Å². The van der Waals surface area contributed by atoms with E-state index in [2.05, 4.69) is 0 Å². The smallest absolute Gasteiger partial charge is 0.327 e. The Labute approximate surface area is 141 Å². The zero-order valence-electron chi connectivity index (χ0n) is 14.1. The highest BCUT2D eigenvalue weighted by Gasteiger charge is 2.37. The average Bonchev–Trinajstić information content (AvgIpc) is 2.81. The third-order valence-corrected chi connectivity index (χ3v) is 5.15. The first-order valence-electron chi connectivity index (χ1n) is 8.60. The van der Waals surface area contributed by atoms with Crippen molar-refractivity contribution in [2.45, 2.75) is 38.1 Å². The minimum absolute atomic E-state index is 0.000498. The van der Waals surface area contributed by atoms with Gasteiger partial charge in [0.05, 0.1) is 6.54 Å². The van der Waals surface area contributed by atoms with Crippen molar-refractivity contribution in [2.24, 2.45) is 0 Å². The fourth-order valence-electron chi connectivity index (χ4n) is 3.74. The molecule has 0 radical (unpaired) electrons. The Morgan fingerprint density at radius 2 is 1.71 bits per heavy atom. The fraction of sp³-hybridized carbons (Fsp3) is 0.750. The maximum atomic E-state index is 12.4. The van der Waals surface area contributed by atoms with Gasteiger partial charge in [-0.15, -0.1) is 0 Å². The van der Waals surface area contributed by atoms with E-state index >= 15 is 0 Å². The van der Waals surface area contributed by atoms with Crippen molar-refractivity contribution in [1.82, 2.24) is 19.6 Å². The van der Waals surface area contributed by atoms with Gasteiger partial charge in [-0.25, -0.2) is 4.79 Å². The van der Waals surface area contributed by atoms with Gasteiger partial charge in [-0.3, -0.25) is 19.3 Å². The molecule has 132 valence electrons. The molecule has 3 fully saturated rings. The van der Waals surface area contributed by atoms with Crippen LogP contribution in [0.1, 0.15) is 32.1 Å². The molecule has 5 amide bonds. The molecule has 1 saturated carbocycles. The Kier molecular flexibility index (Phi) is 4.73. The first-order chi connectivity index (χ1) is 11.5. The van der Waals surface area contributed by atoms with Gasteiger partial charge in [0, 0.05) is 26.2 Å². The lowest BCUT2D eigenvalue weighted by molar-refractivity contribution is -0.148. The number of amides is 5. The Hall–Kier alpha value is -2.12. The van der Waals surface area contributed by atoms with E-state index in [1.165, 1.54) is 23.3 Å². The lowest BCUT2D eigenvalue weighted by atomic mass is 9.93. The molecule has 0 bridgehead atoms. The Morgan fingerprint density at radius 1 is 1.00 bits per heavy atom. The van der Waals surface area contributed by atoms with Crippen LogP contribution in [0, 0.1) is 0 Å². The molecule has 0 aromatic rings. The summed E-state index contributed by atoms with van der Waals surface area (Å²) < 4.78 is 0. The summed E-state index contributed by atoms with van der Waals surface area (Å²) in [5.41, 5.74) is 0. The molecule has 3 aliphatic rings. The highest BCUT2D eigenvalue weighted by atomic mass is 16.2. The number of piperazine rings is 1. The van der Waals surface area contributed by atoms with E-state index in [-0.39, 0.29) is 37.4 Å². The fourth-order valence-corrected chi connectivity index (χ4v) is 3.74. The molecular formula is C16H24N4O4. The number of likely N-dealkylation sites (N-methyl/N-ethyl adjacent to an activating group) is 1. The monoisotopic (exact) mass is 336 g/mol. The summed E-state index contributed by atoms with van der Waals surface area (Å²) >= 11 is 0. The quantitative estimate of drug-likeness (QED) is 0.673. The molecule has 0 aromatic heterocycles. The van der Waals surface area contributed by atoms with Gasteiger partial charge in [-0.2, -0.15) is 0 Å². The molecule has 8 heteroatoms. The van der Waals surface area contributed by atoms with Crippen LogP contribution < -0.4 is 0 Å². The van der Waals surface area contributed by atoms with Gasteiger partial charge in [0.1, 0.15) is 13.1 Å². The second kappa shape index (κ2) is 6.78. The van der Waals surface area contributed by atoms with Gasteiger partial charge >= 0.3 is 6.03 Å². The Balaban J connectivity index is 1.55. The summed E-state index contributed by atoms with van der Waals surface area (Å²) in [5, 5.41) is 0. The first kappa shape index (κ1) is 16.7. The molecule has 1 aliphatic carbocycles. The maximum absolute atomic E-state index is 12.4. The van der Waals surface area contributed by atoms with E-state index in [1.54, 1.807) is 0 Å². The number of carbonyl (C=O) groups is 4. The molecule has 2 saturated heterocycles. The van der Waals surface area contributed by atoms with Gasteiger partial charge in [0.15, 0.2) is 0 Å². The number of carbonyl (C=O) groups excluding carboxylic acids is 4. The van der Waals surface area contributed by atoms with Crippen molar-refractivity contribution in [3.8, 4) is 0 Å². The van der Waals surface area contributed by atoms with Crippen LogP contribution in [0.5, 0.6) is 0 Å². The summed E-state index contributed by atoms with van der Waals surface area (Å²) in [4.78, 5) is 54.0. The van der Waals surface area contributed by atoms with Crippen molar-refractivity contribution >= 4 is 23.8 Å². The predicted octanol–water partition coefficient (Wildman–Crippen LogP) is -0.116. The molecule has 0 unspecified atom stereocenters. The molecule has 8 nitrogen and oxygen atoms in total. The molecule has 0 N–H and O–H groups in total. The summed E-state index contributed by atoms with van der Waals surface area (Å²) in [5.74, 6) is -0.746. The molecule has 0 atom stereocenters. The van der Waals surface area contributed by atoms with E-state index in [9.17, 15) is 19.2 Å². The highest BCUT2D eigenvalue weighted by Crippen LogP contribution is 2.24. The van der Waals surface area contributed by atoms with Crippen LogP contribution >= 0.6 is 0 Å². The molecule has 2 aliphatic heterocycles. The van der Waals surface area contributed by atoms with Crippen LogP contribution in [0.4, 0.5) is 4.79 Å². The Morgan fingerprint density at radius 3 is 2.29 bits per heavy atom. The maximum Gasteiger partial charge on any atom is 0.327 e. The Bertz CT molecular complexity index is 558. The molecule has 2 heterocycles. The number of imide groups is 1. The topological polar surface area (TPSA) is 81.2 Å². The third kappa shape index (κ3) is 3.22. The van der Waals surface area contributed by atoms with Crippen molar-refractivity contribution in [3.05, 3.63) is 0 Å². The van der Waals surface area contributed by atoms with Gasteiger partial charge in [-0.05, 0) is 12.8 Å². The van der Waals surface area contributed by atoms with Crippen molar-refractivity contribution in [1.29, 1.82) is 0 Å².